The minimum atomic E-state index is -0.0130. The fraction of sp³-hybridized carbons (Fsp3) is 0.467. The van der Waals surface area contributed by atoms with Crippen molar-refractivity contribution in [3.8, 4) is 0 Å². The number of nitrogens with two attached hydrogens (primary N) is 1. The van der Waals surface area contributed by atoms with Crippen LogP contribution in [0.2, 0.25) is 0 Å². The summed E-state index contributed by atoms with van der Waals surface area (Å²) in [7, 11) is 0. The Kier molecular flexibility index (Phi) is 4.14. The summed E-state index contributed by atoms with van der Waals surface area (Å²) >= 11 is 0. The van der Waals surface area contributed by atoms with E-state index in [0.29, 0.717) is 6.54 Å². The van der Waals surface area contributed by atoms with Gasteiger partial charge < -0.3 is 15.5 Å². The first kappa shape index (κ1) is 15.3. The van der Waals surface area contributed by atoms with Crippen LogP contribution in [-0.2, 0) is 11.3 Å². The van der Waals surface area contributed by atoms with Gasteiger partial charge in [0, 0.05) is 31.4 Å². The van der Waals surface area contributed by atoms with Gasteiger partial charge in [0.25, 0.3) is 0 Å². The van der Waals surface area contributed by atoms with E-state index in [1.165, 1.54) is 15.9 Å². The first-order chi connectivity index (χ1) is 11.1. The number of benzene rings is 1. The predicted molar refractivity (Wildman–Crippen MR) is 86.8 cm³/mol. The molecule has 1 saturated heterocycles. The topological polar surface area (TPSA) is 93.2 Å². The van der Waals surface area contributed by atoms with Crippen LogP contribution in [0.15, 0.2) is 24.3 Å². The summed E-state index contributed by atoms with van der Waals surface area (Å²) in [5, 5.41) is 10.8. The first-order valence-corrected chi connectivity index (χ1v) is 7.68. The van der Waals surface area contributed by atoms with Gasteiger partial charge in [0.15, 0.2) is 0 Å². The van der Waals surface area contributed by atoms with Crippen molar-refractivity contribution in [2.24, 2.45) is 0 Å². The Labute approximate surface area is 134 Å². The number of amides is 1. The molecule has 0 saturated carbocycles. The number of nitrogen functional groups attached to an aromatic ring is 1. The Bertz CT molecular complexity index is 699. The lowest BCUT2D eigenvalue weighted by molar-refractivity contribution is -0.134. The number of para-hydroxylation sites is 1. The van der Waals surface area contributed by atoms with Crippen molar-refractivity contribution >= 4 is 17.5 Å². The molecule has 3 rings (SSSR count). The summed E-state index contributed by atoms with van der Waals surface area (Å²) < 4.78 is 1.32. The van der Waals surface area contributed by atoms with Gasteiger partial charge in [-0.05, 0) is 35.9 Å². The normalized spacial score (nSPS) is 18.3. The average molecular weight is 315 g/mol. The molecule has 2 N–H and O–H groups in total. The minimum absolute atomic E-state index is 0.0130. The molecule has 1 fully saturated rings. The zero-order chi connectivity index (χ0) is 16.4. The SMILES string of the molecule is Cc1ccccc1N1CCN(C(=O)Cn2nnnc2N)[C@@H](C)C1. The van der Waals surface area contributed by atoms with E-state index in [0.717, 1.165) is 13.1 Å². The monoisotopic (exact) mass is 315 g/mol. The Morgan fingerprint density at radius 1 is 1.35 bits per heavy atom. The second-order valence-electron chi connectivity index (χ2n) is 5.86. The van der Waals surface area contributed by atoms with Gasteiger partial charge in [-0.2, -0.15) is 0 Å². The second kappa shape index (κ2) is 6.23. The van der Waals surface area contributed by atoms with Crippen LogP contribution in [0.1, 0.15) is 12.5 Å². The number of aryl methyl sites for hydroxylation is 1. The fourth-order valence-corrected chi connectivity index (χ4v) is 3.01. The van der Waals surface area contributed by atoms with Crippen molar-refractivity contribution in [2.75, 3.05) is 30.3 Å². The third kappa shape index (κ3) is 3.10. The summed E-state index contributed by atoms with van der Waals surface area (Å²) in [6, 6.07) is 8.44. The molecule has 0 spiro atoms. The molecule has 122 valence electrons. The number of rotatable bonds is 3. The van der Waals surface area contributed by atoms with Crippen LogP contribution in [-0.4, -0.2) is 56.7 Å². The molecular formula is C15H21N7O. The van der Waals surface area contributed by atoms with Crippen LogP contribution >= 0.6 is 0 Å². The number of aromatic nitrogens is 4. The van der Waals surface area contributed by atoms with Crippen LogP contribution in [0.25, 0.3) is 0 Å². The van der Waals surface area contributed by atoms with E-state index in [4.69, 9.17) is 5.73 Å². The summed E-state index contributed by atoms with van der Waals surface area (Å²) in [4.78, 5) is 16.7. The Balaban J connectivity index is 1.66. The highest BCUT2D eigenvalue weighted by atomic mass is 16.2. The number of piperazine rings is 1. The standard InChI is InChI=1S/C15H21N7O/c1-11-5-3-4-6-13(11)20-7-8-21(12(2)9-20)14(23)10-22-15(16)17-18-19-22/h3-6,12H,7-10H2,1-2H3,(H2,16,17,19)/t12-/m0/s1. The molecule has 0 radical (unpaired) electrons. The zero-order valence-corrected chi connectivity index (χ0v) is 13.4. The van der Waals surface area contributed by atoms with Crippen LogP contribution in [0.5, 0.6) is 0 Å². The van der Waals surface area contributed by atoms with Crippen LogP contribution < -0.4 is 10.6 Å². The molecule has 2 aromatic rings. The van der Waals surface area contributed by atoms with Gasteiger partial charge in [-0.15, -0.1) is 0 Å². The van der Waals surface area contributed by atoms with Crippen LogP contribution in [0, 0.1) is 6.92 Å². The quantitative estimate of drug-likeness (QED) is 0.876. The highest BCUT2D eigenvalue weighted by molar-refractivity contribution is 5.77. The van der Waals surface area contributed by atoms with Crippen molar-refractivity contribution in [3.05, 3.63) is 29.8 Å². The summed E-state index contributed by atoms with van der Waals surface area (Å²) in [6.45, 7) is 6.54. The number of carbonyl (C=O) groups is 1. The Morgan fingerprint density at radius 3 is 2.78 bits per heavy atom. The van der Waals surface area contributed by atoms with E-state index < -0.39 is 0 Å². The lowest BCUT2D eigenvalue weighted by Gasteiger charge is -2.41. The van der Waals surface area contributed by atoms with E-state index in [1.54, 1.807) is 0 Å². The largest absolute Gasteiger partial charge is 0.367 e. The molecule has 23 heavy (non-hydrogen) atoms. The maximum absolute atomic E-state index is 12.5. The van der Waals surface area contributed by atoms with Gasteiger partial charge in [0.1, 0.15) is 6.54 Å². The lowest BCUT2D eigenvalue weighted by Crippen LogP contribution is -2.55. The molecule has 8 nitrogen and oxygen atoms in total. The minimum Gasteiger partial charge on any atom is -0.367 e. The van der Waals surface area contributed by atoms with E-state index in [1.807, 2.05) is 17.0 Å². The third-order valence-corrected chi connectivity index (χ3v) is 4.25. The van der Waals surface area contributed by atoms with Gasteiger partial charge in [0.2, 0.25) is 11.9 Å². The number of anilines is 2. The van der Waals surface area contributed by atoms with E-state index >= 15 is 0 Å². The summed E-state index contributed by atoms with van der Waals surface area (Å²) in [5.74, 6) is 0.144. The average Bonchev–Trinajstić information content (AvgIpc) is 2.92. The Hall–Kier alpha value is -2.64. The molecule has 1 amide bonds. The predicted octanol–water partition coefficient (Wildman–Crippen LogP) is 0.301. The van der Waals surface area contributed by atoms with Crippen molar-refractivity contribution in [1.29, 1.82) is 0 Å². The van der Waals surface area contributed by atoms with Crippen molar-refractivity contribution in [2.45, 2.75) is 26.4 Å². The number of tetrazole rings is 1. The Morgan fingerprint density at radius 2 is 2.13 bits per heavy atom. The van der Waals surface area contributed by atoms with E-state index in [9.17, 15) is 4.79 Å². The molecule has 1 aliphatic heterocycles. The van der Waals surface area contributed by atoms with Gasteiger partial charge in [-0.25, -0.2) is 4.68 Å². The highest BCUT2D eigenvalue weighted by Gasteiger charge is 2.28. The molecular weight excluding hydrogens is 294 g/mol. The van der Waals surface area contributed by atoms with Crippen LogP contribution in [0.4, 0.5) is 11.6 Å². The molecule has 2 heterocycles. The third-order valence-electron chi connectivity index (χ3n) is 4.25. The second-order valence-corrected chi connectivity index (χ2v) is 5.86. The number of hydrogen-bond donors (Lipinski definition) is 1. The van der Waals surface area contributed by atoms with Gasteiger partial charge in [-0.3, -0.25) is 4.79 Å². The molecule has 1 aromatic heterocycles. The van der Waals surface area contributed by atoms with Crippen molar-refractivity contribution in [3.63, 3.8) is 0 Å². The summed E-state index contributed by atoms with van der Waals surface area (Å²) in [5.41, 5.74) is 8.10. The molecule has 1 aromatic carbocycles. The molecule has 1 atom stereocenters. The number of carbonyl (C=O) groups excluding carboxylic acids is 1. The fourth-order valence-electron chi connectivity index (χ4n) is 3.01. The number of nitrogens with zero attached hydrogens (tertiary/aromatic N) is 6. The lowest BCUT2D eigenvalue weighted by atomic mass is 10.1. The summed E-state index contributed by atoms with van der Waals surface area (Å²) in [6.07, 6.45) is 0. The molecule has 0 unspecified atom stereocenters. The maximum Gasteiger partial charge on any atom is 0.244 e. The van der Waals surface area contributed by atoms with E-state index in [2.05, 4.69) is 46.4 Å². The maximum atomic E-state index is 12.5. The van der Waals surface area contributed by atoms with Crippen molar-refractivity contribution < 1.29 is 4.79 Å². The smallest absolute Gasteiger partial charge is 0.244 e. The molecule has 1 aliphatic rings. The van der Waals surface area contributed by atoms with Gasteiger partial charge in [0.05, 0.1) is 0 Å². The van der Waals surface area contributed by atoms with E-state index in [-0.39, 0.29) is 24.4 Å². The molecule has 8 heteroatoms. The van der Waals surface area contributed by atoms with Gasteiger partial charge in [-0.1, -0.05) is 23.3 Å². The number of hydrogen-bond acceptors (Lipinski definition) is 6. The first-order valence-electron chi connectivity index (χ1n) is 7.68. The molecule has 0 aliphatic carbocycles. The van der Waals surface area contributed by atoms with Crippen LogP contribution in [0.3, 0.4) is 0 Å². The van der Waals surface area contributed by atoms with Crippen molar-refractivity contribution in [1.82, 2.24) is 25.1 Å². The molecule has 0 bridgehead atoms. The highest BCUT2D eigenvalue weighted by Crippen LogP contribution is 2.23. The zero-order valence-electron chi connectivity index (χ0n) is 13.4. The van der Waals surface area contributed by atoms with Gasteiger partial charge >= 0.3 is 0 Å².